The van der Waals surface area contributed by atoms with Gasteiger partial charge in [0.25, 0.3) is 5.91 Å². The van der Waals surface area contributed by atoms with Crippen LogP contribution in [0.5, 0.6) is 0 Å². The van der Waals surface area contributed by atoms with Crippen LogP contribution in [0.1, 0.15) is 109 Å². The molecule has 1 spiro atoms. The molecule has 4 unspecified atom stereocenters. The van der Waals surface area contributed by atoms with Crippen molar-refractivity contribution in [3.05, 3.63) is 82.7 Å². The van der Waals surface area contributed by atoms with Crippen molar-refractivity contribution in [2.24, 2.45) is 23.8 Å². The molecule has 15 heteroatoms. The van der Waals surface area contributed by atoms with E-state index in [-0.39, 0.29) is 48.2 Å². The molecule has 1 aromatic carbocycles. The lowest BCUT2D eigenvalue weighted by Crippen LogP contribution is -2.59. The Kier molecular flexibility index (Phi) is 16.6. The molecular weight excluding hydrogens is 923 g/mol. The quantitative estimate of drug-likeness (QED) is 0.0781. The Morgan fingerprint density at radius 2 is 1.79 bits per heavy atom. The second-order valence-corrected chi connectivity index (χ2v) is 22.6. The van der Waals surface area contributed by atoms with Crippen molar-refractivity contribution in [2.45, 2.75) is 118 Å². The van der Waals surface area contributed by atoms with Crippen molar-refractivity contribution >= 4 is 40.0 Å². The lowest BCUT2D eigenvalue weighted by atomic mass is 9.83. The minimum atomic E-state index is -0.838. The van der Waals surface area contributed by atoms with Crippen LogP contribution in [-0.4, -0.2) is 130 Å². The lowest BCUT2D eigenvalue weighted by Gasteiger charge is -2.37. The van der Waals surface area contributed by atoms with Gasteiger partial charge in [-0.05, 0) is 107 Å². The zero-order chi connectivity index (χ0) is 51.3. The van der Waals surface area contributed by atoms with Crippen molar-refractivity contribution in [3.63, 3.8) is 0 Å². The van der Waals surface area contributed by atoms with Crippen LogP contribution < -0.4 is 10.7 Å². The molecule has 4 saturated heterocycles. The molecule has 4 fully saturated rings. The molecule has 7 heterocycles. The zero-order valence-corrected chi connectivity index (χ0v) is 44.9. The van der Waals surface area contributed by atoms with E-state index < -0.39 is 17.5 Å². The van der Waals surface area contributed by atoms with Gasteiger partial charge in [0.2, 0.25) is 5.91 Å². The number of aryl methyl sites for hydroxylation is 1. The Balaban J connectivity index is 1.03. The lowest BCUT2D eigenvalue weighted by molar-refractivity contribution is -0.144. The number of hydrogen-bond acceptors (Lipinski definition) is 12. The van der Waals surface area contributed by atoms with E-state index in [0.29, 0.717) is 26.1 Å². The number of hydrazine groups is 1. The van der Waals surface area contributed by atoms with Gasteiger partial charge in [-0.2, -0.15) is 0 Å². The number of likely N-dealkylation sites (tertiary alicyclic amines) is 3. The molecule has 72 heavy (non-hydrogen) atoms. The van der Waals surface area contributed by atoms with Crippen molar-refractivity contribution in [3.8, 4) is 34.4 Å². The minimum Gasteiger partial charge on any atom is -0.465 e. The van der Waals surface area contributed by atoms with Crippen LogP contribution in [0, 0.1) is 28.6 Å². The number of hydrogen-bond donors (Lipinski definition) is 2. The predicted molar refractivity (Wildman–Crippen MR) is 286 cm³/mol. The number of piperidine rings is 1. The average Bonchev–Trinajstić information content (AvgIpc) is 4.16. The number of carbonyl (C=O) groups is 3. The van der Waals surface area contributed by atoms with E-state index in [4.69, 9.17) is 19.4 Å². The molecule has 4 aliphatic rings. The summed E-state index contributed by atoms with van der Waals surface area (Å²) in [5.41, 5.74) is 11.3. The molecule has 4 aromatic rings. The van der Waals surface area contributed by atoms with Gasteiger partial charge in [0.05, 0.1) is 47.0 Å². The summed E-state index contributed by atoms with van der Waals surface area (Å²) >= 11 is 1.50. The van der Waals surface area contributed by atoms with Gasteiger partial charge < -0.3 is 29.2 Å². The summed E-state index contributed by atoms with van der Waals surface area (Å²) in [6.45, 7) is 27.8. The summed E-state index contributed by atoms with van der Waals surface area (Å²) in [4.78, 5) is 58.2. The largest absolute Gasteiger partial charge is 0.465 e. The number of fused-ring (bicyclic) bond motifs is 1. The van der Waals surface area contributed by atoms with Crippen molar-refractivity contribution < 1.29 is 23.9 Å². The number of aromatic nitrogens is 3. The summed E-state index contributed by atoms with van der Waals surface area (Å²) in [6.07, 6.45) is 9.91. The minimum absolute atomic E-state index is 0.0426. The Hall–Kier alpha value is -5.53. The number of pyridine rings is 1. The SMILES string of the molecule is C=C(C#CCN1CCCCC1)N1CCC2(CCN(C(C(=O)NC(Cc3nc(-c4ccc5c(c4)c(CC(C)(C)COC(C)=O)c(-c4cccnc4C(C)OC)n5C)cs3)C(=O)N3CCCCN3)C(C)C)C2=C)C1. The van der Waals surface area contributed by atoms with Gasteiger partial charge in [0.1, 0.15) is 12.1 Å². The van der Waals surface area contributed by atoms with Gasteiger partial charge in [0, 0.05) is 110 Å². The third-order valence-corrected chi connectivity index (χ3v) is 16.3. The Morgan fingerprint density at radius 1 is 1.03 bits per heavy atom. The molecule has 4 atom stereocenters. The van der Waals surface area contributed by atoms with E-state index in [1.165, 1.54) is 37.5 Å². The van der Waals surface area contributed by atoms with E-state index in [1.54, 1.807) is 18.3 Å². The first-order valence-corrected chi connectivity index (χ1v) is 27.0. The Morgan fingerprint density at radius 3 is 2.51 bits per heavy atom. The van der Waals surface area contributed by atoms with Crippen LogP contribution in [0.3, 0.4) is 0 Å². The molecule has 0 aliphatic carbocycles. The van der Waals surface area contributed by atoms with Crippen molar-refractivity contribution in [1.82, 2.24) is 45.0 Å². The fraction of sp³-hybridized carbons (Fsp3) is 0.561. The van der Waals surface area contributed by atoms with Crippen molar-refractivity contribution in [1.29, 1.82) is 0 Å². The van der Waals surface area contributed by atoms with E-state index in [9.17, 15) is 14.4 Å². The number of esters is 1. The topological polar surface area (TPSA) is 137 Å². The third kappa shape index (κ3) is 11.6. The fourth-order valence-electron chi connectivity index (χ4n) is 11.3. The third-order valence-electron chi connectivity index (χ3n) is 15.4. The first kappa shape index (κ1) is 52.8. The average molecular weight is 1000 g/mol. The van der Waals surface area contributed by atoms with E-state index in [2.05, 4.69) is 114 Å². The molecule has 2 N–H and O–H groups in total. The Bertz CT molecular complexity index is 2700. The summed E-state index contributed by atoms with van der Waals surface area (Å²) < 4.78 is 13.6. The van der Waals surface area contributed by atoms with Gasteiger partial charge in [-0.1, -0.05) is 59.3 Å². The molecule has 0 bridgehead atoms. The number of benzene rings is 1. The number of amides is 2. The maximum absolute atomic E-state index is 14.8. The number of ether oxygens (including phenoxy) is 2. The highest BCUT2D eigenvalue weighted by Gasteiger charge is 2.50. The summed E-state index contributed by atoms with van der Waals surface area (Å²) in [5, 5.41) is 8.81. The van der Waals surface area contributed by atoms with Crippen LogP contribution in [0.4, 0.5) is 0 Å². The monoisotopic (exact) mass is 1000 g/mol. The van der Waals surface area contributed by atoms with E-state index in [1.807, 2.05) is 18.4 Å². The van der Waals surface area contributed by atoms with Gasteiger partial charge in [-0.15, -0.1) is 11.3 Å². The van der Waals surface area contributed by atoms with Gasteiger partial charge in [-0.3, -0.25) is 29.3 Å². The second-order valence-electron chi connectivity index (χ2n) is 21.7. The van der Waals surface area contributed by atoms with E-state index in [0.717, 1.165) is 119 Å². The molecule has 0 radical (unpaired) electrons. The first-order chi connectivity index (χ1) is 34.5. The molecule has 4 aliphatic heterocycles. The molecule has 3 aromatic heterocycles. The van der Waals surface area contributed by atoms with Gasteiger partial charge in [-0.25, -0.2) is 10.4 Å². The predicted octanol–water partition coefficient (Wildman–Crippen LogP) is 8.30. The number of nitrogens with zero attached hydrogens (tertiary/aromatic N) is 7. The molecule has 2 amide bonds. The van der Waals surface area contributed by atoms with Crippen LogP contribution in [0.15, 0.2) is 66.5 Å². The molecule has 386 valence electrons. The number of rotatable bonds is 17. The van der Waals surface area contributed by atoms with Gasteiger partial charge in [0.15, 0.2) is 0 Å². The highest BCUT2D eigenvalue weighted by Crippen LogP contribution is 2.49. The zero-order valence-electron chi connectivity index (χ0n) is 44.1. The number of methoxy groups -OCH3 is 1. The smallest absolute Gasteiger partial charge is 0.302 e. The fourth-order valence-corrected chi connectivity index (χ4v) is 12.2. The maximum atomic E-state index is 14.8. The summed E-state index contributed by atoms with van der Waals surface area (Å²) in [5.74, 6) is 6.05. The van der Waals surface area contributed by atoms with Crippen LogP contribution >= 0.6 is 11.3 Å². The molecular formula is C57H77N9O5S. The molecule has 14 nitrogen and oxygen atoms in total. The number of nitrogens with one attached hydrogen (secondary N) is 2. The normalized spacial score (nSPS) is 20.0. The number of carbonyl (C=O) groups excluding carboxylic acids is 3. The van der Waals surface area contributed by atoms with Crippen LogP contribution in [0.2, 0.25) is 0 Å². The molecule has 8 rings (SSSR count). The van der Waals surface area contributed by atoms with E-state index >= 15 is 0 Å². The maximum Gasteiger partial charge on any atom is 0.302 e. The summed E-state index contributed by atoms with van der Waals surface area (Å²) in [7, 11) is 3.77. The number of thiazole rings is 1. The Labute approximate surface area is 431 Å². The highest BCUT2D eigenvalue weighted by molar-refractivity contribution is 7.10. The molecule has 0 saturated carbocycles. The van der Waals surface area contributed by atoms with Crippen molar-refractivity contribution in [2.75, 3.05) is 66.1 Å². The van der Waals surface area contributed by atoms with Gasteiger partial charge >= 0.3 is 5.97 Å². The van der Waals surface area contributed by atoms with Crippen LogP contribution in [0.25, 0.3) is 33.4 Å². The summed E-state index contributed by atoms with van der Waals surface area (Å²) in [6, 6.07) is 9.12. The second kappa shape index (κ2) is 22.7. The van der Waals surface area contributed by atoms with Crippen LogP contribution in [-0.2, 0) is 43.7 Å². The number of allylic oxidation sites excluding steroid dienone is 1. The highest BCUT2D eigenvalue weighted by atomic mass is 32.1. The standard InChI is InChI=1S/C57H77N9O5S/c1-38(2)52(65-31-23-57(41(65)5)22-30-64(36-57)39(3)18-17-28-63-26-13-11-14-27-63)54(68)61-47(55(69)66-29-15-12-25-59-66)33-50-60-48(35-72-50)43-20-21-49-45(32-43)46(34-56(7,8)37-71-42(6)67)53(62(49)9)44-19-16-24-58-51(44)40(4)70-10/h16,19-21,24,32,35,38,40,47,52,59H,3,5,11-15,22-23,25-31,33-34,36-37H2,1-2,4,6-10H3,(H,61,68). The first-order valence-electron chi connectivity index (χ1n) is 26.1.